The Balaban J connectivity index is 2.30. The zero-order valence-electron chi connectivity index (χ0n) is 9.08. The van der Waals surface area contributed by atoms with Crippen LogP contribution in [0.1, 0.15) is 54.2 Å². The molecule has 1 heterocycles. The molecular weight excluding hydrogens is 207 g/mol. The van der Waals surface area contributed by atoms with E-state index in [2.05, 4.69) is 4.98 Å². The Bertz CT molecular complexity index is 400. The van der Waals surface area contributed by atoms with Crippen LogP contribution >= 0.6 is 0 Å². The third-order valence-corrected chi connectivity index (χ3v) is 3.12. The van der Waals surface area contributed by atoms with Crippen molar-refractivity contribution in [2.75, 3.05) is 0 Å². The Morgan fingerprint density at radius 1 is 1.31 bits per heavy atom. The fourth-order valence-electron chi connectivity index (χ4n) is 2.26. The third kappa shape index (κ3) is 2.21. The van der Waals surface area contributed by atoms with E-state index in [9.17, 15) is 9.18 Å². The molecule has 1 saturated carbocycles. The van der Waals surface area contributed by atoms with E-state index in [0.717, 1.165) is 25.7 Å². The van der Waals surface area contributed by atoms with Crippen LogP contribution in [0.2, 0.25) is 0 Å². The molecule has 1 aromatic rings. The molecule has 0 radical (unpaired) electrons. The minimum atomic E-state index is -0.600. The van der Waals surface area contributed by atoms with Gasteiger partial charge in [0.1, 0.15) is 11.5 Å². The largest absolute Gasteiger partial charge is 0.364 e. The van der Waals surface area contributed by atoms with Crippen LogP contribution in [0.25, 0.3) is 0 Å². The van der Waals surface area contributed by atoms with Crippen molar-refractivity contribution >= 4 is 5.91 Å². The van der Waals surface area contributed by atoms with E-state index in [1.54, 1.807) is 0 Å². The number of nitrogens with zero attached hydrogens (tertiary/aromatic N) is 1. The van der Waals surface area contributed by atoms with Gasteiger partial charge in [-0.2, -0.15) is 0 Å². The Labute approximate surface area is 93.9 Å². The maximum absolute atomic E-state index is 13.6. The van der Waals surface area contributed by atoms with E-state index in [1.807, 2.05) is 0 Å². The molecule has 86 valence electrons. The van der Waals surface area contributed by atoms with Crippen molar-refractivity contribution in [3.8, 4) is 0 Å². The molecule has 0 saturated heterocycles. The third-order valence-electron chi connectivity index (χ3n) is 3.12. The minimum absolute atomic E-state index is 0.146. The van der Waals surface area contributed by atoms with E-state index >= 15 is 0 Å². The standard InChI is InChI=1S/C12H15FN2O/c13-9-6-7-10(12(14)16)15-11(9)8-4-2-1-3-5-8/h6-8H,1-5H2,(H2,14,16). The van der Waals surface area contributed by atoms with Gasteiger partial charge in [0.05, 0.1) is 5.69 Å². The smallest absolute Gasteiger partial charge is 0.267 e. The molecular formula is C12H15FN2O. The minimum Gasteiger partial charge on any atom is -0.364 e. The van der Waals surface area contributed by atoms with Crippen LogP contribution in [0.15, 0.2) is 12.1 Å². The lowest BCUT2D eigenvalue weighted by molar-refractivity contribution is 0.0995. The number of halogens is 1. The van der Waals surface area contributed by atoms with Gasteiger partial charge in [0, 0.05) is 5.92 Å². The Morgan fingerprint density at radius 2 is 2.00 bits per heavy atom. The molecule has 0 bridgehead atoms. The Morgan fingerprint density at radius 3 is 2.62 bits per heavy atom. The fraction of sp³-hybridized carbons (Fsp3) is 0.500. The van der Waals surface area contributed by atoms with Gasteiger partial charge in [-0.3, -0.25) is 4.79 Å². The number of pyridine rings is 1. The van der Waals surface area contributed by atoms with Crippen LogP contribution in [-0.4, -0.2) is 10.9 Å². The van der Waals surface area contributed by atoms with Gasteiger partial charge in [0.2, 0.25) is 0 Å². The fourth-order valence-corrected chi connectivity index (χ4v) is 2.26. The number of aromatic nitrogens is 1. The summed E-state index contributed by atoms with van der Waals surface area (Å²) >= 11 is 0. The first-order valence-electron chi connectivity index (χ1n) is 5.64. The Kier molecular flexibility index (Phi) is 3.17. The molecule has 1 aliphatic rings. The van der Waals surface area contributed by atoms with Crippen molar-refractivity contribution in [2.24, 2.45) is 5.73 Å². The second-order valence-electron chi connectivity index (χ2n) is 4.26. The van der Waals surface area contributed by atoms with Crippen molar-refractivity contribution in [1.82, 2.24) is 4.98 Å². The lowest BCUT2D eigenvalue weighted by atomic mass is 9.86. The van der Waals surface area contributed by atoms with Gasteiger partial charge >= 0.3 is 0 Å². The van der Waals surface area contributed by atoms with Crippen LogP contribution < -0.4 is 5.73 Å². The highest BCUT2D eigenvalue weighted by atomic mass is 19.1. The van der Waals surface area contributed by atoms with Gasteiger partial charge in [-0.15, -0.1) is 0 Å². The number of hydrogen-bond acceptors (Lipinski definition) is 2. The van der Waals surface area contributed by atoms with Crippen LogP contribution in [0.5, 0.6) is 0 Å². The van der Waals surface area contributed by atoms with E-state index in [4.69, 9.17) is 5.73 Å². The highest BCUT2D eigenvalue weighted by molar-refractivity contribution is 5.90. The predicted molar refractivity (Wildman–Crippen MR) is 58.5 cm³/mol. The molecule has 0 unspecified atom stereocenters. The van der Waals surface area contributed by atoms with Crippen LogP contribution in [0.3, 0.4) is 0 Å². The molecule has 1 amide bonds. The van der Waals surface area contributed by atoms with Gasteiger partial charge in [-0.1, -0.05) is 19.3 Å². The Hall–Kier alpha value is -1.45. The van der Waals surface area contributed by atoms with Gasteiger partial charge in [-0.25, -0.2) is 9.37 Å². The highest BCUT2D eigenvalue weighted by Gasteiger charge is 2.21. The van der Waals surface area contributed by atoms with E-state index in [-0.39, 0.29) is 17.4 Å². The second-order valence-corrected chi connectivity index (χ2v) is 4.26. The number of amides is 1. The van der Waals surface area contributed by atoms with Crippen molar-refractivity contribution in [2.45, 2.75) is 38.0 Å². The molecule has 0 aliphatic heterocycles. The average molecular weight is 222 g/mol. The monoisotopic (exact) mass is 222 g/mol. The molecule has 16 heavy (non-hydrogen) atoms. The van der Waals surface area contributed by atoms with E-state index < -0.39 is 5.91 Å². The zero-order chi connectivity index (χ0) is 11.5. The first-order chi connectivity index (χ1) is 7.68. The number of primary amides is 1. The van der Waals surface area contributed by atoms with Gasteiger partial charge in [0.15, 0.2) is 0 Å². The van der Waals surface area contributed by atoms with Crippen molar-refractivity contribution in [3.05, 3.63) is 29.3 Å². The molecule has 0 spiro atoms. The molecule has 4 heteroatoms. The maximum atomic E-state index is 13.6. The molecule has 1 aromatic heterocycles. The summed E-state index contributed by atoms with van der Waals surface area (Å²) < 4.78 is 13.6. The number of nitrogens with two attached hydrogens (primary N) is 1. The second kappa shape index (κ2) is 4.60. The normalized spacial score (nSPS) is 17.3. The summed E-state index contributed by atoms with van der Waals surface area (Å²) in [5, 5.41) is 0. The average Bonchev–Trinajstić information content (AvgIpc) is 2.30. The van der Waals surface area contributed by atoms with Gasteiger partial charge in [0.25, 0.3) is 5.91 Å². The van der Waals surface area contributed by atoms with Crippen LogP contribution in [-0.2, 0) is 0 Å². The summed E-state index contributed by atoms with van der Waals surface area (Å²) in [5.74, 6) is -0.776. The van der Waals surface area contributed by atoms with Crippen molar-refractivity contribution in [1.29, 1.82) is 0 Å². The molecule has 0 aromatic carbocycles. The van der Waals surface area contributed by atoms with E-state index in [0.29, 0.717) is 5.69 Å². The summed E-state index contributed by atoms with van der Waals surface area (Å²) in [4.78, 5) is 15.0. The summed E-state index contributed by atoms with van der Waals surface area (Å²) in [6.07, 6.45) is 5.31. The number of rotatable bonds is 2. The molecule has 1 aliphatic carbocycles. The summed E-state index contributed by atoms with van der Waals surface area (Å²) in [6, 6.07) is 2.63. The van der Waals surface area contributed by atoms with Gasteiger partial charge < -0.3 is 5.73 Å². The highest BCUT2D eigenvalue weighted by Crippen LogP contribution is 2.32. The summed E-state index contributed by atoms with van der Waals surface area (Å²) in [7, 11) is 0. The first kappa shape index (κ1) is 11.0. The van der Waals surface area contributed by atoms with Gasteiger partial charge in [-0.05, 0) is 25.0 Å². The van der Waals surface area contributed by atoms with E-state index in [1.165, 1.54) is 18.6 Å². The quantitative estimate of drug-likeness (QED) is 0.835. The van der Waals surface area contributed by atoms with Crippen molar-refractivity contribution in [3.63, 3.8) is 0 Å². The first-order valence-corrected chi connectivity index (χ1v) is 5.64. The topological polar surface area (TPSA) is 56.0 Å². The maximum Gasteiger partial charge on any atom is 0.267 e. The predicted octanol–water partition coefficient (Wildman–Crippen LogP) is 2.37. The van der Waals surface area contributed by atoms with Crippen molar-refractivity contribution < 1.29 is 9.18 Å². The SMILES string of the molecule is NC(=O)c1ccc(F)c(C2CCCCC2)n1. The van der Waals surface area contributed by atoms with Crippen LogP contribution in [0.4, 0.5) is 4.39 Å². The number of carbonyl (C=O) groups excluding carboxylic acids is 1. The molecule has 2 N–H and O–H groups in total. The number of hydrogen-bond donors (Lipinski definition) is 1. The lowest BCUT2D eigenvalue weighted by Gasteiger charge is -2.21. The number of carbonyl (C=O) groups is 1. The molecule has 2 rings (SSSR count). The lowest BCUT2D eigenvalue weighted by Crippen LogP contribution is -2.16. The summed E-state index contributed by atoms with van der Waals surface area (Å²) in [6.45, 7) is 0. The zero-order valence-corrected chi connectivity index (χ0v) is 9.08. The van der Waals surface area contributed by atoms with Crippen LogP contribution in [0, 0.1) is 5.82 Å². The molecule has 3 nitrogen and oxygen atoms in total. The summed E-state index contributed by atoms with van der Waals surface area (Å²) in [5.41, 5.74) is 5.71. The molecule has 0 atom stereocenters. The molecule has 1 fully saturated rings.